The molecule has 0 aliphatic carbocycles. The van der Waals surface area contributed by atoms with E-state index in [1.807, 2.05) is 0 Å². The molecular formula is C16H22N. The van der Waals surface area contributed by atoms with Gasteiger partial charge in [0, 0.05) is 0 Å². The second-order valence-corrected chi connectivity index (χ2v) is 5.91. The Hall–Kier alpha value is -0.820. The van der Waals surface area contributed by atoms with Gasteiger partial charge in [0.15, 0.2) is 0 Å². The van der Waals surface area contributed by atoms with Crippen molar-refractivity contribution < 1.29 is 0 Å². The maximum Gasteiger partial charge on any atom is -0.00134 e. The minimum atomic E-state index is 0.639. The van der Waals surface area contributed by atoms with Gasteiger partial charge in [-0.25, -0.2) is 0 Å². The van der Waals surface area contributed by atoms with Crippen LogP contribution in [0.5, 0.6) is 0 Å². The first-order valence-corrected chi connectivity index (χ1v) is 6.88. The molecule has 3 aliphatic rings. The Morgan fingerprint density at radius 3 is 2.24 bits per heavy atom. The Kier molecular flexibility index (Phi) is 2.96. The number of piperidine rings is 3. The lowest BCUT2D eigenvalue weighted by atomic mass is 9.69. The second-order valence-electron chi connectivity index (χ2n) is 5.91. The molecule has 1 aromatic carbocycles. The predicted molar refractivity (Wildman–Crippen MR) is 71.9 cm³/mol. The van der Waals surface area contributed by atoms with Gasteiger partial charge >= 0.3 is 0 Å². The average Bonchev–Trinajstić information content (AvgIpc) is 2.40. The van der Waals surface area contributed by atoms with Gasteiger partial charge in [-0.3, -0.25) is 0 Å². The monoisotopic (exact) mass is 228 g/mol. The number of hydrogen-bond donors (Lipinski definition) is 0. The van der Waals surface area contributed by atoms with Crippen LogP contribution in [0.3, 0.4) is 0 Å². The number of fused-ring (bicyclic) bond motifs is 3. The van der Waals surface area contributed by atoms with Gasteiger partial charge in [0.25, 0.3) is 0 Å². The smallest absolute Gasteiger partial charge is 0.00134 e. The molecule has 3 aliphatic heterocycles. The molecule has 0 spiro atoms. The molecule has 2 bridgehead atoms. The van der Waals surface area contributed by atoms with Crippen molar-refractivity contribution in [3.63, 3.8) is 0 Å². The van der Waals surface area contributed by atoms with E-state index in [0.29, 0.717) is 5.41 Å². The zero-order valence-electron chi connectivity index (χ0n) is 10.8. The summed E-state index contributed by atoms with van der Waals surface area (Å²) in [5.74, 6) is 0. The molecular weight excluding hydrogens is 206 g/mol. The second kappa shape index (κ2) is 4.45. The van der Waals surface area contributed by atoms with Crippen LogP contribution in [0.4, 0.5) is 0 Å². The largest absolute Gasteiger partial charge is 0.303 e. The van der Waals surface area contributed by atoms with Gasteiger partial charge in [-0.2, -0.15) is 0 Å². The summed E-state index contributed by atoms with van der Waals surface area (Å²) in [6, 6.07) is 8.94. The highest BCUT2D eigenvalue weighted by Crippen LogP contribution is 2.43. The summed E-state index contributed by atoms with van der Waals surface area (Å²) in [5, 5.41) is 0. The molecule has 0 atom stereocenters. The van der Waals surface area contributed by atoms with E-state index in [-0.39, 0.29) is 0 Å². The Balaban J connectivity index is 1.61. The molecule has 91 valence electrons. The van der Waals surface area contributed by atoms with Crippen molar-refractivity contribution in [3.05, 3.63) is 41.8 Å². The Morgan fingerprint density at radius 1 is 1.06 bits per heavy atom. The third kappa shape index (κ3) is 2.40. The first kappa shape index (κ1) is 11.3. The molecule has 3 heterocycles. The normalized spacial score (nSPS) is 31.7. The van der Waals surface area contributed by atoms with Gasteiger partial charge in [0.2, 0.25) is 0 Å². The van der Waals surface area contributed by atoms with Crippen LogP contribution >= 0.6 is 0 Å². The van der Waals surface area contributed by atoms with Crippen LogP contribution in [0.1, 0.15) is 36.8 Å². The van der Waals surface area contributed by atoms with Crippen molar-refractivity contribution in [1.82, 2.24) is 4.90 Å². The molecule has 4 rings (SSSR count). The lowest BCUT2D eigenvalue weighted by molar-refractivity contribution is 0.0264. The standard InChI is InChI=1S/C16H22N/c1-14-2-4-15(5-3-14)6-7-16-8-11-17(12-9-16)13-10-16/h2-6H,7-13H2,1H3. The van der Waals surface area contributed by atoms with Crippen LogP contribution in [-0.2, 0) is 0 Å². The van der Waals surface area contributed by atoms with Gasteiger partial charge in [-0.15, -0.1) is 0 Å². The van der Waals surface area contributed by atoms with Crippen molar-refractivity contribution in [2.24, 2.45) is 5.41 Å². The average molecular weight is 228 g/mol. The molecule has 17 heavy (non-hydrogen) atoms. The van der Waals surface area contributed by atoms with Gasteiger partial charge in [0.1, 0.15) is 0 Å². The zero-order valence-corrected chi connectivity index (χ0v) is 10.8. The maximum absolute atomic E-state index is 2.62. The molecule has 0 saturated carbocycles. The van der Waals surface area contributed by atoms with E-state index < -0.39 is 0 Å². The molecule has 0 N–H and O–H groups in total. The Bertz CT molecular complexity index is 357. The summed E-state index contributed by atoms with van der Waals surface area (Å²) in [6.45, 7) is 6.16. The van der Waals surface area contributed by atoms with Crippen LogP contribution in [0.2, 0.25) is 0 Å². The van der Waals surface area contributed by atoms with Crippen LogP contribution in [0.25, 0.3) is 0 Å². The molecule has 1 heteroatoms. The van der Waals surface area contributed by atoms with Gasteiger partial charge in [-0.1, -0.05) is 29.8 Å². The molecule has 1 radical (unpaired) electrons. The van der Waals surface area contributed by atoms with Crippen LogP contribution in [0.15, 0.2) is 24.3 Å². The minimum absolute atomic E-state index is 0.639. The summed E-state index contributed by atoms with van der Waals surface area (Å²) >= 11 is 0. The van der Waals surface area contributed by atoms with Crippen LogP contribution in [-0.4, -0.2) is 24.5 Å². The summed E-state index contributed by atoms with van der Waals surface area (Å²) in [5.41, 5.74) is 3.39. The summed E-state index contributed by atoms with van der Waals surface area (Å²) in [6.07, 6.45) is 7.98. The highest BCUT2D eigenvalue weighted by Gasteiger charge is 2.38. The topological polar surface area (TPSA) is 3.24 Å². The van der Waals surface area contributed by atoms with Crippen LogP contribution < -0.4 is 0 Å². The van der Waals surface area contributed by atoms with E-state index in [1.54, 1.807) is 0 Å². The summed E-state index contributed by atoms with van der Waals surface area (Å²) in [4.78, 5) is 2.62. The first-order chi connectivity index (χ1) is 8.26. The van der Waals surface area contributed by atoms with E-state index in [0.717, 1.165) is 0 Å². The number of benzene rings is 1. The van der Waals surface area contributed by atoms with E-state index >= 15 is 0 Å². The molecule has 0 amide bonds. The predicted octanol–water partition coefficient (Wildman–Crippen LogP) is 3.42. The fourth-order valence-corrected chi connectivity index (χ4v) is 3.24. The number of rotatable bonds is 3. The third-order valence-corrected chi connectivity index (χ3v) is 4.72. The number of nitrogens with zero attached hydrogens (tertiary/aromatic N) is 1. The van der Waals surface area contributed by atoms with Gasteiger partial charge in [-0.05, 0) is 69.6 Å². The van der Waals surface area contributed by atoms with Crippen molar-refractivity contribution in [2.45, 2.75) is 32.6 Å². The molecule has 0 aromatic heterocycles. The van der Waals surface area contributed by atoms with Crippen molar-refractivity contribution in [2.75, 3.05) is 19.6 Å². The molecule has 3 saturated heterocycles. The lowest BCUT2D eigenvalue weighted by Gasteiger charge is -2.48. The third-order valence-electron chi connectivity index (χ3n) is 4.72. The highest BCUT2D eigenvalue weighted by molar-refractivity contribution is 5.27. The summed E-state index contributed by atoms with van der Waals surface area (Å²) in [7, 11) is 0. The van der Waals surface area contributed by atoms with E-state index in [2.05, 4.69) is 42.5 Å². The SMILES string of the molecule is Cc1ccc([CH]CC23CCN(CC2)CC3)cc1. The first-order valence-electron chi connectivity index (χ1n) is 6.88. The molecule has 1 aromatic rings. The van der Waals surface area contributed by atoms with Crippen molar-refractivity contribution in [3.8, 4) is 0 Å². The Labute approximate surface area is 105 Å². The zero-order chi connectivity index (χ0) is 11.7. The summed E-state index contributed by atoms with van der Waals surface area (Å²) < 4.78 is 0. The van der Waals surface area contributed by atoms with Gasteiger partial charge < -0.3 is 4.90 Å². The maximum atomic E-state index is 2.62. The van der Waals surface area contributed by atoms with Gasteiger partial charge in [0.05, 0.1) is 0 Å². The van der Waals surface area contributed by atoms with E-state index in [4.69, 9.17) is 0 Å². The van der Waals surface area contributed by atoms with Crippen molar-refractivity contribution in [1.29, 1.82) is 0 Å². The number of aryl methyl sites for hydroxylation is 1. The fraction of sp³-hybridized carbons (Fsp3) is 0.562. The number of hydrogen-bond acceptors (Lipinski definition) is 1. The highest BCUT2D eigenvalue weighted by atomic mass is 15.1. The fourth-order valence-electron chi connectivity index (χ4n) is 3.24. The van der Waals surface area contributed by atoms with Crippen molar-refractivity contribution >= 4 is 0 Å². The molecule has 0 unspecified atom stereocenters. The Morgan fingerprint density at radius 2 is 1.65 bits per heavy atom. The van der Waals surface area contributed by atoms with E-state index in [9.17, 15) is 0 Å². The molecule has 1 nitrogen and oxygen atoms in total. The van der Waals surface area contributed by atoms with E-state index in [1.165, 1.54) is 56.4 Å². The van der Waals surface area contributed by atoms with Crippen LogP contribution in [0, 0.1) is 18.8 Å². The molecule has 3 fully saturated rings. The minimum Gasteiger partial charge on any atom is -0.303 e. The lowest BCUT2D eigenvalue weighted by Crippen LogP contribution is -2.48. The quantitative estimate of drug-likeness (QED) is 0.766.